The molecule has 1 aliphatic rings. The van der Waals surface area contributed by atoms with Crippen LogP contribution in [0.2, 0.25) is 0 Å². The van der Waals surface area contributed by atoms with Gasteiger partial charge >= 0.3 is 0 Å². The summed E-state index contributed by atoms with van der Waals surface area (Å²) >= 11 is 0. The molecule has 1 unspecified atom stereocenters. The number of anilines is 1. The summed E-state index contributed by atoms with van der Waals surface area (Å²) in [5.41, 5.74) is 0. The van der Waals surface area contributed by atoms with E-state index >= 15 is 0 Å². The summed E-state index contributed by atoms with van der Waals surface area (Å²) in [7, 11) is 1.73. The van der Waals surface area contributed by atoms with Crippen LogP contribution in [0, 0.1) is 5.82 Å². The van der Waals surface area contributed by atoms with E-state index in [9.17, 15) is 4.39 Å². The van der Waals surface area contributed by atoms with Gasteiger partial charge in [-0.05, 0) is 25.1 Å². The van der Waals surface area contributed by atoms with E-state index in [0.717, 1.165) is 45.2 Å². The van der Waals surface area contributed by atoms with Crippen molar-refractivity contribution in [3.05, 3.63) is 48.5 Å². The second-order valence-electron chi connectivity index (χ2n) is 7.12. The van der Waals surface area contributed by atoms with Gasteiger partial charge in [-0.1, -0.05) is 12.1 Å². The van der Waals surface area contributed by atoms with E-state index in [0.29, 0.717) is 12.5 Å². The van der Waals surface area contributed by atoms with Crippen LogP contribution in [0.15, 0.2) is 47.7 Å². The number of guanidine groups is 1. The largest absolute Gasteiger partial charge is 0.486 e. The van der Waals surface area contributed by atoms with Crippen molar-refractivity contribution in [2.45, 2.75) is 13.0 Å². The maximum Gasteiger partial charge on any atom is 0.225 e. The van der Waals surface area contributed by atoms with E-state index in [1.807, 2.05) is 13.0 Å². The molecule has 2 N–H and O–H groups in total. The first-order valence-electron chi connectivity index (χ1n) is 10.3. The first kappa shape index (κ1) is 25.1. The van der Waals surface area contributed by atoms with Gasteiger partial charge in [0.05, 0.1) is 6.54 Å². The molecule has 170 valence electrons. The Labute approximate surface area is 200 Å². The van der Waals surface area contributed by atoms with Crippen LogP contribution in [-0.4, -0.2) is 79.8 Å². The van der Waals surface area contributed by atoms with Crippen LogP contribution in [0.3, 0.4) is 0 Å². The van der Waals surface area contributed by atoms with Gasteiger partial charge in [0, 0.05) is 58.7 Å². The van der Waals surface area contributed by atoms with Gasteiger partial charge in [0.1, 0.15) is 6.10 Å². The van der Waals surface area contributed by atoms with Crippen molar-refractivity contribution < 1.29 is 9.13 Å². The number of halogens is 2. The fourth-order valence-electron chi connectivity index (χ4n) is 3.22. The lowest BCUT2D eigenvalue weighted by molar-refractivity contribution is 0.214. The van der Waals surface area contributed by atoms with E-state index in [1.165, 1.54) is 6.07 Å². The molecule has 3 rings (SSSR count). The van der Waals surface area contributed by atoms with Gasteiger partial charge < -0.3 is 20.3 Å². The highest BCUT2D eigenvalue weighted by atomic mass is 127. The number of nitrogens with one attached hydrogen (secondary N) is 2. The van der Waals surface area contributed by atoms with Crippen LogP contribution in [0.4, 0.5) is 10.3 Å². The van der Waals surface area contributed by atoms with Crippen LogP contribution in [0.5, 0.6) is 5.75 Å². The summed E-state index contributed by atoms with van der Waals surface area (Å²) in [5, 5.41) is 6.54. The van der Waals surface area contributed by atoms with Gasteiger partial charge in [-0.2, -0.15) is 0 Å². The van der Waals surface area contributed by atoms with Crippen molar-refractivity contribution in [1.29, 1.82) is 0 Å². The molecular formula is C21H31FIN7O. The summed E-state index contributed by atoms with van der Waals surface area (Å²) in [6, 6.07) is 8.25. The fraction of sp³-hybridized carbons (Fsp3) is 0.476. The molecule has 1 atom stereocenters. The second kappa shape index (κ2) is 13.3. The number of aliphatic imine (C=N–C) groups is 1. The summed E-state index contributed by atoms with van der Waals surface area (Å²) < 4.78 is 19.3. The van der Waals surface area contributed by atoms with E-state index < -0.39 is 0 Å². The molecule has 8 nitrogen and oxygen atoms in total. The van der Waals surface area contributed by atoms with Crippen molar-refractivity contribution in [3.63, 3.8) is 0 Å². The van der Waals surface area contributed by atoms with Gasteiger partial charge in [-0.25, -0.2) is 14.4 Å². The average Bonchev–Trinajstić information content (AvgIpc) is 2.78. The molecule has 0 spiro atoms. The number of para-hydroxylation sites is 1. The monoisotopic (exact) mass is 543 g/mol. The first-order chi connectivity index (χ1) is 14.7. The first-order valence-corrected chi connectivity index (χ1v) is 10.3. The van der Waals surface area contributed by atoms with E-state index in [1.54, 1.807) is 37.6 Å². The number of benzene rings is 1. The fourth-order valence-corrected chi connectivity index (χ4v) is 3.22. The second-order valence-corrected chi connectivity index (χ2v) is 7.12. The number of hydrogen-bond acceptors (Lipinski definition) is 6. The number of ether oxygens (including phenoxy) is 1. The van der Waals surface area contributed by atoms with Gasteiger partial charge in [0.15, 0.2) is 17.5 Å². The molecule has 31 heavy (non-hydrogen) atoms. The molecular weight excluding hydrogens is 512 g/mol. The molecule has 0 aliphatic carbocycles. The number of aromatic nitrogens is 2. The Hall–Kier alpha value is -2.21. The Morgan fingerprint density at radius 1 is 1.13 bits per heavy atom. The topological polar surface area (TPSA) is 77.9 Å². The summed E-state index contributed by atoms with van der Waals surface area (Å²) in [5.74, 6) is 1.41. The smallest absolute Gasteiger partial charge is 0.225 e. The Morgan fingerprint density at radius 3 is 2.52 bits per heavy atom. The maximum atomic E-state index is 13.7. The molecule has 1 aromatic carbocycles. The number of nitrogens with zero attached hydrogens (tertiary/aromatic N) is 5. The minimum atomic E-state index is -0.356. The zero-order valence-electron chi connectivity index (χ0n) is 18.0. The SMILES string of the molecule is CN=C(NCCN1CCN(c2ncccn2)CC1)NCC(C)Oc1ccccc1F.I. The van der Waals surface area contributed by atoms with Gasteiger partial charge in [0.25, 0.3) is 0 Å². The van der Waals surface area contributed by atoms with Crippen molar-refractivity contribution in [2.75, 3.05) is 57.8 Å². The van der Waals surface area contributed by atoms with Crippen LogP contribution in [-0.2, 0) is 0 Å². The Balaban J connectivity index is 0.00000341. The molecule has 0 bridgehead atoms. The summed E-state index contributed by atoms with van der Waals surface area (Å²) in [6.07, 6.45) is 3.35. The average molecular weight is 543 g/mol. The molecule has 0 saturated carbocycles. The lowest BCUT2D eigenvalue weighted by atomic mass is 10.3. The van der Waals surface area contributed by atoms with E-state index in [-0.39, 0.29) is 41.6 Å². The van der Waals surface area contributed by atoms with Crippen molar-refractivity contribution >= 4 is 35.9 Å². The van der Waals surface area contributed by atoms with Gasteiger partial charge in [0.2, 0.25) is 5.95 Å². The molecule has 1 fully saturated rings. The van der Waals surface area contributed by atoms with Crippen molar-refractivity contribution in [1.82, 2.24) is 25.5 Å². The lowest BCUT2D eigenvalue weighted by Gasteiger charge is -2.34. The van der Waals surface area contributed by atoms with Crippen molar-refractivity contribution in [2.24, 2.45) is 4.99 Å². The molecule has 0 amide bonds. The minimum absolute atomic E-state index is 0. The number of rotatable bonds is 8. The number of hydrogen-bond donors (Lipinski definition) is 2. The zero-order chi connectivity index (χ0) is 21.2. The molecule has 0 radical (unpaired) electrons. The molecule has 1 saturated heterocycles. The standard InChI is InChI=1S/C21H30FN7O.HI/c1-17(30-19-7-4-3-6-18(19)22)16-27-20(23-2)24-10-11-28-12-14-29(15-13-28)21-25-8-5-9-26-21;/h3-9,17H,10-16H2,1-2H3,(H2,23,24,27);1H. The normalized spacial score (nSPS) is 15.7. The highest BCUT2D eigenvalue weighted by Crippen LogP contribution is 2.16. The quantitative estimate of drug-likeness (QED) is 0.300. The minimum Gasteiger partial charge on any atom is -0.486 e. The third-order valence-electron chi connectivity index (χ3n) is 4.87. The Kier molecular flexibility index (Phi) is 10.7. The van der Waals surface area contributed by atoms with Crippen LogP contribution in [0.25, 0.3) is 0 Å². The highest BCUT2D eigenvalue weighted by molar-refractivity contribution is 14.0. The van der Waals surface area contributed by atoms with Crippen molar-refractivity contribution in [3.8, 4) is 5.75 Å². The highest BCUT2D eigenvalue weighted by Gasteiger charge is 2.18. The summed E-state index contributed by atoms with van der Waals surface area (Å²) in [4.78, 5) is 17.5. The van der Waals surface area contributed by atoms with Crippen LogP contribution >= 0.6 is 24.0 Å². The molecule has 1 aromatic heterocycles. The number of piperazine rings is 1. The Morgan fingerprint density at radius 2 is 1.84 bits per heavy atom. The van der Waals surface area contributed by atoms with E-state index in [2.05, 4.69) is 35.4 Å². The van der Waals surface area contributed by atoms with Gasteiger partial charge in [-0.3, -0.25) is 9.89 Å². The zero-order valence-corrected chi connectivity index (χ0v) is 20.3. The van der Waals surface area contributed by atoms with E-state index in [4.69, 9.17) is 4.74 Å². The lowest BCUT2D eigenvalue weighted by Crippen LogP contribution is -2.50. The molecule has 2 aromatic rings. The van der Waals surface area contributed by atoms with Crippen LogP contribution in [0.1, 0.15) is 6.92 Å². The van der Waals surface area contributed by atoms with Gasteiger partial charge in [-0.15, -0.1) is 24.0 Å². The predicted octanol–water partition coefficient (Wildman–Crippen LogP) is 1.99. The Bertz CT molecular complexity index is 803. The molecule has 10 heteroatoms. The molecule has 2 heterocycles. The predicted molar refractivity (Wildman–Crippen MR) is 132 cm³/mol. The van der Waals surface area contributed by atoms with Crippen LogP contribution < -0.4 is 20.3 Å². The molecule has 1 aliphatic heterocycles. The third kappa shape index (κ3) is 8.09. The third-order valence-corrected chi connectivity index (χ3v) is 4.87. The maximum absolute atomic E-state index is 13.7. The summed E-state index contributed by atoms with van der Waals surface area (Å²) in [6.45, 7) is 7.89.